The summed E-state index contributed by atoms with van der Waals surface area (Å²) in [7, 11) is 0. The monoisotopic (exact) mass is 164 g/mol. The lowest BCUT2D eigenvalue weighted by Gasteiger charge is -1.99. The van der Waals surface area contributed by atoms with E-state index in [1.54, 1.807) is 0 Å². The lowest BCUT2D eigenvalue weighted by Crippen LogP contribution is -2.01. The summed E-state index contributed by atoms with van der Waals surface area (Å²) in [5, 5.41) is 5.34. The molecule has 0 saturated carbocycles. The summed E-state index contributed by atoms with van der Waals surface area (Å²) < 4.78 is 0. The Labute approximate surface area is 70.5 Å². The average Bonchev–Trinajstić information content (AvgIpc) is 1.98. The number of hydrogen-bond acceptors (Lipinski definition) is 3. The van der Waals surface area contributed by atoms with Crippen LogP contribution in [0.15, 0.2) is 10.6 Å². The van der Waals surface area contributed by atoms with E-state index in [1.807, 2.05) is 0 Å². The summed E-state index contributed by atoms with van der Waals surface area (Å²) in [4.78, 5) is 0.749. The fourth-order valence-corrected chi connectivity index (χ4v) is 1.01. The molecule has 0 radical (unpaired) electrons. The summed E-state index contributed by atoms with van der Waals surface area (Å²) >= 11 is 1.09. The van der Waals surface area contributed by atoms with Crippen molar-refractivity contribution in [1.29, 1.82) is 0 Å². The second kappa shape index (κ2) is 3.98. The van der Waals surface area contributed by atoms with Gasteiger partial charge in [0.1, 0.15) is 0 Å². The molecule has 0 spiro atoms. The highest BCUT2D eigenvalue weighted by Gasteiger charge is 1.98. The van der Waals surface area contributed by atoms with Gasteiger partial charge in [-0.1, -0.05) is 23.7 Å². The first kappa shape index (κ1) is 8.07. The van der Waals surface area contributed by atoms with Crippen LogP contribution in [-0.4, -0.2) is 0 Å². The zero-order chi connectivity index (χ0) is 8.10. The van der Waals surface area contributed by atoms with E-state index in [9.17, 15) is 0 Å². The second-order valence-electron chi connectivity index (χ2n) is 1.98. The molecule has 0 aromatic carbocycles. The molecule has 11 heavy (non-hydrogen) atoms. The number of nitrogens with two attached hydrogens (primary N) is 2. The van der Waals surface area contributed by atoms with Gasteiger partial charge in [0.05, 0.1) is 17.7 Å². The fraction of sp³-hybridized carbons (Fsp3) is 0.250. The normalized spacial score (nSPS) is 15.4. The Hall–Kier alpha value is -1.03. The van der Waals surface area contributed by atoms with E-state index in [0.717, 1.165) is 16.9 Å². The topological polar surface area (TPSA) is 52.0 Å². The minimum absolute atomic E-state index is 0.578. The maximum absolute atomic E-state index is 5.63. The molecule has 1 aliphatic carbocycles. The molecule has 56 valence electrons. The Morgan fingerprint density at radius 3 is 2.82 bits per heavy atom. The lowest BCUT2D eigenvalue weighted by atomic mass is 10.2. The molecule has 0 aromatic heterocycles. The maximum Gasteiger partial charge on any atom is 0.0921 e. The number of rotatable bonds is 1. The van der Waals surface area contributed by atoms with Crippen molar-refractivity contribution in [2.75, 3.05) is 0 Å². The summed E-state index contributed by atoms with van der Waals surface area (Å²) in [5.41, 5.74) is 6.31. The van der Waals surface area contributed by atoms with E-state index >= 15 is 0 Å². The molecule has 0 unspecified atom stereocenters. The quantitative estimate of drug-likeness (QED) is 0.440. The molecular formula is C8H8N2S. The molecule has 3 heteroatoms. The molecule has 4 N–H and O–H groups in total. The molecule has 0 amide bonds. The van der Waals surface area contributed by atoms with Crippen LogP contribution in [0.4, 0.5) is 0 Å². The van der Waals surface area contributed by atoms with E-state index in [2.05, 4.69) is 23.7 Å². The summed E-state index contributed by atoms with van der Waals surface area (Å²) in [6.07, 6.45) is 1.19. The van der Waals surface area contributed by atoms with Crippen molar-refractivity contribution in [3.63, 3.8) is 0 Å². The molecule has 0 fully saturated rings. The molecule has 0 heterocycles. The van der Waals surface area contributed by atoms with Gasteiger partial charge in [0.25, 0.3) is 0 Å². The van der Waals surface area contributed by atoms with E-state index in [0.29, 0.717) is 18.5 Å². The van der Waals surface area contributed by atoms with Gasteiger partial charge < -0.3 is 5.73 Å². The molecule has 0 aromatic rings. The first-order valence-corrected chi connectivity index (χ1v) is 4.02. The van der Waals surface area contributed by atoms with Gasteiger partial charge in [-0.15, -0.1) is 0 Å². The highest BCUT2D eigenvalue weighted by Crippen LogP contribution is 2.12. The Morgan fingerprint density at radius 1 is 1.27 bits per heavy atom. The third-order valence-corrected chi connectivity index (χ3v) is 1.79. The van der Waals surface area contributed by atoms with E-state index in [1.165, 1.54) is 0 Å². The van der Waals surface area contributed by atoms with Crippen molar-refractivity contribution in [2.45, 2.75) is 12.8 Å². The van der Waals surface area contributed by atoms with Crippen LogP contribution >= 0.6 is 11.9 Å². The fourth-order valence-electron chi connectivity index (χ4n) is 0.655. The van der Waals surface area contributed by atoms with Crippen molar-refractivity contribution >= 4 is 11.9 Å². The lowest BCUT2D eigenvalue weighted by molar-refractivity contribution is 1.19. The predicted molar refractivity (Wildman–Crippen MR) is 47.8 cm³/mol. The first-order valence-electron chi connectivity index (χ1n) is 3.14. The zero-order valence-corrected chi connectivity index (χ0v) is 6.79. The van der Waals surface area contributed by atoms with Crippen LogP contribution in [0.5, 0.6) is 0 Å². The summed E-state index contributed by atoms with van der Waals surface area (Å²) in [6, 6.07) is 0. The van der Waals surface area contributed by atoms with Crippen LogP contribution in [0.25, 0.3) is 0 Å². The van der Waals surface area contributed by atoms with Gasteiger partial charge in [0, 0.05) is 5.70 Å². The largest absolute Gasteiger partial charge is 0.400 e. The summed E-state index contributed by atoms with van der Waals surface area (Å²) in [5.74, 6) is 11.5. The number of allylic oxidation sites excluding steroid dienone is 2. The van der Waals surface area contributed by atoms with Crippen LogP contribution in [0.3, 0.4) is 0 Å². The first-order chi connectivity index (χ1) is 5.34. The van der Waals surface area contributed by atoms with E-state index in [4.69, 9.17) is 10.9 Å². The second-order valence-corrected chi connectivity index (χ2v) is 2.63. The molecule has 0 bridgehead atoms. The highest BCUT2D eigenvalue weighted by molar-refractivity contribution is 8.01. The Balaban J connectivity index is 2.92. The van der Waals surface area contributed by atoms with E-state index in [-0.39, 0.29) is 0 Å². The van der Waals surface area contributed by atoms with Gasteiger partial charge in [-0.05, 0) is 11.9 Å². The molecule has 0 atom stereocenters. The minimum Gasteiger partial charge on any atom is -0.400 e. The van der Waals surface area contributed by atoms with Crippen molar-refractivity contribution in [1.82, 2.24) is 0 Å². The highest BCUT2D eigenvalue weighted by atomic mass is 32.2. The van der Waals surface area contributed by atoms with Gasteiger partial charge >= 0.3 is 0 Å². The predicted octanol–water partition coefficient (Wildman–Crippen LogP) is 0.564. The van der Waals surface area contributed by atoms with Gasteiger partial charge in [-0.25, -0.2) is 0 Å². The Kier molecular flexibility index (Phi) is 2.92. The van der Waals surface area contributed by atoms with Gasteiger partial charge in [0.15, 0.2) is 0 Å². The van der Waals surface area contributed by atoms with Crippen LogP contribution in [0.2, 0.25) is 0 Å². The van der Waals surface area contributed by atoms with Crippen molar-refractivity contribution in [3.05, 3.63) is 10.6 Å². The molecule has 0 aliphatic heterocycles. The Morgan fingerprint density at radius 2 is 2.09 bits per heavy atom. The van der Waals surface area contributed by atoms with Gasteiger partial charge in [-0.3, -0.25) is 5.14 Å². The van der Waals surface area contributed by atoms with Gasteiger partial charge in [0.2, 0.25) is 0 Å². The maximum atomic E-state index is 5.63. The standard InChI is InChI=1S/C8H8N2S/c9-7-5-3-1-2-4-6-8(7)11-10/h2,5,9-10H2. The van der Waals surface area contributed by atoms with Crippen LogP contribution in [0, 0.1) is 23.7 Å². The molecule has 2 nitrogen and oxygen atoms in total. The van der Waals surface area contributed by atoms with Gasteiger partial charge in [-0.2, -0.15) is 0 Å². The van der Waals surface area contributed by atoms with Crippen LogP contribution in [0.1, 0.15) is 12.8 Å². The van der Waals surface area contributed by atoms with E-state index < -0.39 is 0 Å². The third kappa shape index (κ3) is 2.23. The van der Waals surface area contributed by atoms with Crippen molar-refractivity contribution in [3.8, 4) is 23.7 Å². The van der Waals surface area contributed by atoms with Crippen LogP contribution < -0.4 is 10.9 Å². The molecule has 0 saturated heterocycles. The molecular weight excluding hydrogens is 156 g/mol. The summed E-state index contributed by atoms with van der Waals surface area (Å²) in [6.45, 7) is 0. The van der Waals surface area contributed by atoms with Crippen LogP contribution in [-0.2, 0) is 0 Å². The average molecular weight is 164 g/mol. The minimum atomic E-state index is 0.578. The molecule has 1 rings (SSSR count). The van der Waals surface area contributed by atoms with Crippen molar-refractivity contribution in [2.24, 2.45) is 10.9 Å². The third-order valence-electron chi connectivity index (χ3n) is 1.19. The van der Waals surface area contributed by atoms with Crippen molar-refractivity contribution < 1.29 is 0 Å². The Bertz CT molecular complexity index is 296. The molecule has 1 aliphatic rings. The SMILES string of the molecule is NSC1=C(N)CC#CCC#C1. The zero-order valence-electron chi connectivity index (χ0n) is 5.98. The number of hydrogen-bond donors (Lipinski definition) is 2. The smallest absolute Gasteiger partial charge is 0.0921 e.